The molecule has 0 saturated heterocycles. The van der Waals surface area contributed by atoms with Crippen LogP contribution in [0.3, 0.4) is 0 Å². The van der Waals surface area contributed by atoms with E-state index in [4.69, 9.17) is 0 Å². The second kappa shape index (κ2) is 7.23. The number of carbonyl (C=O) groups excluding carboxylic acids is 2. The van der Waals surface area contributed by atoms with Crippen molar-refractivity contribution in [3.63, 3.8) is 0 Å². The van der Waals surface area contributed by atoms with Gasteiger partial charge in [0.05, 0.1) is 5.75 Å². The Hall–Kier alpha value is -1.36. The van der Waals surface area contributed by atoms with Crippen molar-refractivity contribution < 1.29 is 14.0 Å². The van der Waals surface area contributed by atoms with Crippen molar-refractivity contribution in [1.82, 2.24) is 5.32 Å². The molecule has 1 N–H and O–H groups in total. The standard InChI is InChI=1S/C22H28FNO2S/c1-13(25)18-3-4-20(19(23)8-18)27-12-21(26)24-14(2)22-9-15-5-16(10-22)7-17(6-15)11-22/h3-4,8,14-17H,5-7,9-12H2,1-2H3,(H,24,26)/t14-,15?,16?,17?,22?/m0/s1. The van der Waals surface area contributed by atoms with Gasteiger partial charge in [-0.05, 0) is 87.7 Å². The van der Waals surface area contributed by atoms with E-state index in [1.807, 2.05) is 0 Å². The molecule has 0 spiro atoms. The summed E-state index contributed by atoms with van der Waals surface area (Å²) in [5.74, 6) is 2.16. The van der Waals surface area contributed by atoms with Gasteiger partial charge in [0.2, 0.25) is 5.91 Å². The maximum Gasteiger partial charge on any atom is 0.230 e. The number of rotatable bonds is 6. The molecule has 5 rings (SSSR count). The quantitative estimate of drug-likeness (QED) is 0.559. The fourth-order valence-corrected chi connectivity index (χ4v) is 6.86. The molecular weight excluding hydrogens is 361 g/mol. The maximum atomic E-state index is 14.1. The molecule has 1 amide bonds. The van der Waals surface area contributed by atoms with Gasteiger partial charge < -0.3 is 5.32 Å². The summed E-state index contributed by atoms with van der Waals surface area (Å²) in [6, 6.07) is 4.64. The van der Waals surface area contributed by atoms with Crippen molar-refractivity contribution in [2.24, 2.45) is 23.2 Å². The molecule has 5 heteroatoms. The Morgan fingerprint density at radius 2 is 1.78 bits per heavy atom. The number of hydrogen-bond acceptors (Lipinski definition) is 3. The molecule has 4 aliphatic rings. The van der Waals surface area contributed by atoms with Crippen molar-refractivity contribution >= 4 is 23.5 Å². The summed E-state index contributed by atoms with van der Waals surface area (Å²) in [6.07, 6.45) is 7.96. The minimum atomic E-state index is -0.436. The van der Waals surface area contributed by atoms with E-state index in [9.17, 15) is 14.0 Å². The van der Waals surface area contributed by atoms with Crippen LogP contribution in [0.1, 0.15) is 62.7 Å². The average Bonchev–Trinajstić information content (AvgIpc) is 2.59. The van der Waals surface area contributed by atoms with Gasteiger partial charge in [0, 0.05) is 16.5 Å². The van der Waals surface area contributed by atoms with Crippen LogP contribution in [0.15, 0.2) is 23.1 Å². The molecule has 4 fully saturated rings. The third-order valence-electron chi connectivity index (χ3n) is 7.08. The highest BCUT2D eigenvalue weighted by molar-refractivity contribution is 8.00. The van der Waals surface area contributed by atoms with Crippen LogP contribution in [0.2, 0.25) is 0 Å². The molecule has 0 unspecified atom stereocenters. The molecule has 4 aliphatic carbocycles. The van der Waals surface area contributed by atoms with Gasteiger partial charge in [-0.3, -0.25) is 9.59 Å². The fourth-order valence-electron chi connectivity index (χ4n) is 6.12. The van der Waals surface area contributed by atoms with Gasteiger partial charge in [0.15, 0.2) is 5.78 Å². The number of amides is 1. The summed E-state index contributed by atoms with van der Waals surface area (Å²) in [5, 5.41) is 3.22. The first-order valence-electron chi connectivity index (χ1n) is 10.1. The first kappa shape index (κ1) is 19.0. The molecular formula is C22H28FNO2S. The van der Waals surface area contributed by atoms with Crippen molar-refractivity contribution in [2.75, 3.05) is 5.75 Å². The molecule has 3 nitrogen and oxygen atoms in total. The number of thioether (sulfide) groups is 1. The number of carbonyl (C=O) groups is 2. The average molecular weight is 390 g/mol. The Balaban J connectivity index is 1.34. The third-order valence-corrected chi connectivity index (χ3v) is 8.13. The zero-order valence-corrected chi connectivity index (χ0v) is 16.9. The SMILES string of the molecule is CC(=O)c1ccc(SCC(=O)N[C@@H](C)C23CC4CC(CC(C4)C2)C3)c(F)c1. The highest BCUT2D eigenvalue weighted by Crippen LogP contribution is 2.61. The van der Waals surface area contributed by atoms with Crippen LogP contribution in [0.25, 0.3) is 0 Å². The van der Waals surface area contributed by atoms with E-state index in [0.29, 0.717) is 10.5 Å². The Morgan fingerprint density at radius 3 is 2.30 bits per heavy atom. The molecule has 0 aliphatic heterocycles. The lowest BCUT2D eigenvalue weighted by Gasteiger charge is -2.59. The fraction of sp³-hybridized carbons (Fsp3) is 0.636. The minimum absolute atomic E-state index is 0.0294. The van der Waals surface area contributed by atoms with Gasteiger partial charge in [-0.2, -0.15) is 0 Å². The molecule has 4 bridgehead atoms. The van der Waals surface area contributed by atoms with Crippen LogP contribution >= 0.6 is 11.8 Å². The second-order valence-corrected chi connectivity index (χ2v) is 10.1. The number of halogens is 1. The molecule has 1 atom stereocenters. The Labute approximate surface area is 164 Å². The molecule has 0 heterocycles. The molecule has 4 saturated carbocycles. The third kappa shape index (κ3) is 3.80. The Bertz CT molecular complexity index is 727. The zero-order chi connectivity index (χ0) is 19.2. The lowest BCUT2D eigenvalue weighted by Crippen LogP contribution is -2.56. The smallest absolute Gasteiger partial charge is 0.230 e. The number of nitrogens with one attached hydrogen (secondary N) is 1. The summed E-state index contributed by atoms with van der Waals surface area (Å²) in [4.78, 5) is 24.2. The summed E-state index contributed by atoms with van der Waals surface area (Å²) >= 11 is 1.20. The Morgan fingerprint density at radius 1 is 1.19 bits per heavy atom. The predicted molar refractivity (Wildman–Crippen MR) is 105 cm³/mol. The van der Waals surface area contributed by atoms with Crippen molar-refractivity contribution in [3.05, 3.63) is 29.6 Å². The van der Waals surface area contributed by atoms with E-state index in [-0.39, 0.29) is 28.9 Å². The molecule has 146 valence electrons. The first-order chi connectivity index (χ1) is 12.8. The molecule has 27 heavy (non-hydrogen) atoms. The topological polar surface area (TPSA) is 46.2 Å². The van der Waals surface area contributed by atoms with E-state index in [2.05, 4.69) is 12.2 Å². The van der Waals surface area contributed by atoms with Gasteiger partial charge in [-0.15, -0.1) is 11.8 Å². The zero-order valence-electron chi connectivity index (χ0n) is 16.1. The van der Waals surface area contributed by atoms with Gasteiger partial charge in [0.1, 0.15) is 5.82 Å². The lowest BCUT2D eigenvalue weighted by molar-refractivity contribution is -0.123. The predicted octanol–water partition coefficient (Wildman–Crippen LogP) is 4.84. The summed E-state index contributed by atoms with van der Waals surface area (Å²) in [7, 11) is 0. The van der Waals surface area contributed by atoms with Crippen LogP contribution in [0.4, 0.5) is 4.39 Å². The highest BCUT2D eigenvalue weighted by atomic mass is 32.2. The maximum absolute atomic E-state index is 14.1. The first-order valence-corrected chi connectivity index (χ1v) is 11.1. The number of Topliss-reactive ketones (excluding diaryl/α,β-unsaturated/α-hetero) is 1. The van der Waals surface area contributed by atoms with E-state index >= 15 is 0 Å². The largest absolute Gasteiger partial charge is 0.352 e. The molecule has 1 aromatic carbocycles. The number of ketones is 1. The van der Waals surface area contributed by atoms with Crippen LogP contribution in [-0.2, 0) is 4.79 Å². The summed E-state index contributed by atoms with van der Waals surface area (Å²) in [5.41, 5.74) is 0.639. The summed E-state index contributed by atoms with van der Waals surface area (Å²) in [6.45, 7) is 3.58. The summed E-state index contributed by atoms with van der Waals surface area (Å²) < 4.78 is 14.1. The van der Waals surface area contributed by atoms with Gasteiger partial charge in [-0.1, -0.05) is 6.07 Å². The van der Waals surface area contributed by atoms with E-state index in [1.54, 1.807) is 12.1 Å². The van der Waals surface area contributed by atoms with Crippen molar-refractivity contribution in [3.8, 4) is 0 Å². The van der Waals surface area contributed by atoms with Crippen LogP contribution in [-0.4, -0.2) is 23.5 Å². The molecule has 0 radical (unpaired) electrons. The van der Waals surface area contributed by atoms with Gasteiger partial charge in [0.25, 0.3) is 0 Å². The van der Waals surface area contributed by atoms with E-state index < -0.39 is 5.82 Å². The normalized spacial score (nSPS) is 32.3. The number of benzene rings is 1. The van der Waals surface area contributed by atoms with Gasteiger partial charge in [-0.25, -0.2) is 4.39 Å². The van der Waals surface area contributed by atoms with Crippen molar-refractivity contribution in [2.45, 2.75) is 63.3 Å². The Kier molecular flexibility index (Phi) is 5.08. The minimum Gasteiger partial charge on any atom is -0.352 e. The van der Waals surface area contributed by atoms with E-state index in [0.717, 1.165) is 17.8 Å². The van der Waals surface area contributed by atoms with Gasteiger partial charge >= 0.3 is 0 Å². The monoisotopic (exact) mass is 389 g/mol. The number of hydrogen-bond donors (Lipinski definition) is 1. The lowest BCUT2D eigenvalue weighted by atomic mass is 9.48. The van der Waals surface area contributed by atoms with E-state index in [1.165, 1.54) is 63.3 Å². The molecule has 0 aromatic heterocycles. The van der Waals surface area contributed by atoms with Crippen molar-refractivity contribution in [1.29, 1.82) is 0 Å². The molecule has 1 aromatic rings. The van der Waals surface area contributed by atoms with Crippen LogP contribution in [0, 0.1) is 29.0 Å². The highest BCUT2D eigenvalue weighted by Gasteiger charge is 2.53. The van der Waals surface area contributed by atoms with Crippen LogP contribution in [0.5, 0.6) is 0 Å². The second-order valence-electron chi connectivity index (χ2n) is 9.06. The van der Waals surface area contributed by atoms with Crippen LogP contribution < -0.4 is 5.32 Å².